The van der Waals surface area contributed by atoms with Gasteiger partial charge in [0, 0.05) is 19.6 Å². The number of nitrogens with zero attached hydrogens (tertiary/aromatic N) is 2. The molecular formula is C11H20N2S. The molecule has 0 unspecified atom stereocenters. The Hall–Kier alpha value is -0.380. The summed E-state index contributed by atoms with van der Waals surface area (Å²) < 4.78 is 0. The quantitative estimate of drug-likeness (QED) is 0.713. The molecule has 0 saturated carbocycles. The van der Waals surface area contributed by atoms with E-state index in [2.05, 4.69) is 47.6 Å². The van der Waals surface area contributed by atoms with Gasteiger partial charge in [-0.15, -0.1) is 0 Å². The fourth-order valence-electron chi connectivity index (χ4n) is 1.33. The standard InChI is InChI=1S/C11H20N2S/c1-4-13(7-6-12(2)3)9-11-5-8-14-10-11/h5,8,10H,4,6-7,9H2,1-3H3. The van der Waals surface area contributed by atoms with Crippen LogP contribution in [0.3, 0.4) is 0 Å². The van der Waals surface area contributed by atoms with Gasteiger partial charge in [0.1, 0.15) is 0 Å². The summed E-state index contributed by atoms with van der Waals surface area (Å²) in [6.45, 7) is 6.73. The molecule has 0 fully saturated rings. The average molecular weight is 212 g/mol. The van der Waals surface area contributed by atoms with E-state index in [9.17, 15) is 0 Å². The molecule has 2 nitrogen and oxygen atoms in total. The zero-order valence-electron chi connectivity index (χ0n) is 9.36. The van der Waals surface area contributed by atoms with E-state index < -0.39 is 0 Å². The predicted octanol–water partition coefficient (Wildman–Crippen LogP) is 2.13. The lowest BCUT2D eigenvalue weighted by Gasteiger charge is -2.21. The molecule has 1 rings (SSSR count). The lowest BCUT2D eigenvalue weighted by molar-refractivity contribution is 0.244. The summed E-state index contributed by atoms with van der Waals surface area (Å²) in [6, 6.07) is 2.21. The Labute approximate surface area is 91.1 Å². The monoisotopic (exact) mass is 212 g/mol. The Morgan fingerprint density at radius 3 is 2.57 bits per heavy atom. The maximum absolute atomic E-state index is 2.47. The van der Waals surface area contributed by atoms with Crippen LogP contribution in [0.4, 0.5) is 0 Å². The second kappa shape index (κ2) is 6.17. The highest BCUT2D eigenvalue weighted by Crippen LogP contribution is 2.08. The van der Waals surface area contributed by atoms with E-state index in [1.165, 1.54) is 5.56 Å². The van der Waals surface area contributed by atoms with Gasteiger partial charge < -0.3 is 4.90 Å². The molecule has 3 heteroatoms. The highest BCUT2D eigenvalue weighted by atomic mass is 32.1. The van der Waals surface area contributed by atoms with E-state index in [0.29, 0.717) is 0 Å². The molecule has 0 aromatic carbocycles. The Balaban J connectivity index is 2.32. The smallest absolute Gasteiger partial charge is 0.0242 e. The summed E-state index contributed by atoms with van der Waals surface area (Å²) in [6.07, 6.45) is 0. The van der Waals surface area contributed by atoms with Crippen molar-refractivity contribution in [2.45, 2.75) is 13.5 Å². The predicted molar refractivity (Wildman–Crippen MR) is 63.8 cm³/mol. The van der Waals surface area contributed by atoms with E-state index in [-0.39, 0.29) is 0 Å². The van der Waals surface area contributed by atoms with E-state index in [1.807, 2.05) is 0 Å². The SMILES string of the molecule is CCN(CCN(C)C)Cc1ccsc1. The molecule has 1 aromatic rings. The zero-order valence-corrected chi connectivity index (χ0v) is 10.2. The molecule has 0 aliphatic rings. The van der Waals surface area contributed by atoms with Crippen molar-refractivity contribution < 1.29 is 0 Å². The van der Waals surface area contributed by atoms with Crippen LogP contribution in [0.15, 0.2) is 16.8 Å². The van der Waals surface area contributed by atoms with Crippen molar-refractivity contribution in [1.29, 1.82) is 0 Å². The third-order valence-corrected chi connectivity index (χ3v) is 3.03. The number of hydrogen-bond acceptors (Lipinski definition) is 3. The summed E-state index contributed by atoms with van der Waals surface area (Å²) in [5.74, 6) is 0. The van der Waals surface area contributed by atoms with Crippen molar-refractivity contribution in [1.82, 2.24) is 9.80 Å². The topological polar surface area (TPSA) is 6.48 Å². The van der Waals surface area contributed by atoms with Crippen LogP contribution < -0.4 is 0 Å². The van der Waals surface area contributed by atoms with Crippen LogP contribution in [-0.4, -0.2) is 43.5 Å². The molecule has 0 spiro atoms. The molecule has 0 bridgehead atoms. The van der Waals surface area contributed by atoms with Gasteiger partial charge in [0.05, 0.1) is 0 Å². The van der Waals surface area contributed by atoms with E-state index in [1.54, 1.807) is 11.3 Å². The zero-order chi connectivity index (χ0) is 10.4. The summed E-state index contributed by atoms with van der Waals surface area (Å²) in [5, 5.41) is 4.38. The van der Waals surface area contributed by atoms with Gasteiger partial charge in [0.2, 0.25) is 0 Å². The van der Waals surface area contributed by atoms with E-state index >= 15 is 0 Å². The van der Waals surface area contributed by atoms with Crippen molar-refractivity contribution in [3.63, 3.8) is 0 Å². The molecule has 80 valence electrons. The minimum atomic E-state index is 1.09. The molecule has 1 heterocycles. The first-order valence-electron chi connectivity index (χ1n) is 5.10. The number of rotatable bonds is 6. The molecule has 14 heavy (non-hydrogen) atoms. The first-order valence-corrected chi connectivity index (χ1v) is 6.04. The first-order chi connectivity index (χ1) is 6.72. The van der Waals surface area contributed by atoms with Gasteiger partial charge in [-0.1, -0.05) is 6.92 Å². The fraction of sp³-hybridized carbons (Fsp3) is 0.636. The van der Waals surface area contributed by atoms with Gasteiger partial charge in [-0.2, -0.15) is 11.3 Å². The molecule has 0 atom stereocenters. The third-order valence-electron chi connectivity index (χ3n) is 2.30. The van der Waals surface area contributed by atoms with Crippen molar-refractivity contribution in [2.24, 2.45) is 0 Å². The fourth-order valence-corrected chi connectivity index (χ4v) is 1.99. The molecule has 0 aliphatic carbocycles. The molecule has 0 radical (unpaired) electrons. The minimum Gasteiger partial charge on any atom is -0.308 e. The van der Waals surface area contributed by atoms with Crippen LogP contribution in [0.5, 0.6) is 0 Å². The molecule has 0 aliphatic heterocycles. The molecule has 0 N–H and O–H groups in total. The lowest BCUT2D eigenvalue weighted by atomic mass is 10.3. The van der Waals surface area contributed by atoms with Crippen LogP contribution in [-0.2, 0) is 6.54 Å². The van der Waals surface area contributed by atoms with Gasteiger partial charge in [0.25, 0.3) is 0 Å². The third kappa shape index (κ3) is 4.22. The normalized spacial score (nSPS) is 11.5. The van der Waals surface area contributed by atoms with Gasteiger partial charge in [0.15, 0.2) is 0 Å². The number of thiophene rings is 1. The number of likely N-dealkylation sites (N-methyl/N-ethyl adjacent to an activating group) is 2. The Bertz CT molecular complexity index is 231. The first kappa shape index (κ1) is 11.7. The Morgan fingerprint density at radius 2 is 2.07 bits per heavy atom. The van der Waals surface area contributed by atoms with Gasteiger partial charge >= 0.3 is 0 Å². The average Bonchev–Trinajstić information content (AvgIpc) is 2.64. The van der Waals surface area contributed by atoms with Crippen LogP contribution in [0.25, 0.3) is 0 Å². The highest BCUT2D eigenvalue weighted by molar-refractivity contribution is 7.07. The Kier molecular flexibility index (Phi) is 5.15. The minimum absolute atomic E-state index is 1.09. The van der Waals surface area contributed by atoms with Crippen LogP contribution in [0.2, 0.25) is 0 Å². The second-order valence-electron chi connectivity index (χ2n) is 3.80. The molecule has 1 aromatic heterocycles. The molecule has 0 amide bonds. The summed E-state index contributed by atoms with van der Waals surface area (Å²) in [5.41, 5.74) is 1.44. The number of hydrogen-bond donors (Lipinski definition) is 0. The van der Waals surface area contributed by atoms with Gasteiger partial charge in [-0.25, -0.2) is 0 Å². The van der Waals surface area contributed by atoms with E-state index in [0.717, 1.165) is 26.2 Å². The second-order valence-corrected chi connectivity index (χ2v) is 4.58. The van der Waals surface area contributed by atoms with Crippen molar-refractivity contribution in [2.75, 3.05) is 33.7 Å². The Morgan fingerprint density at radius 1 is 1.29 bits per heavy atom. The van der Waals surface area contributed by atoms with Crippen LogP contribution in [0, 0.1) is 0 Å². The lowest BCUT2D eigenvalue weighted by Crippen LogP contribution is -2.31. The van der Waals surface area contributed by atoms with Crippen molar-refractivity contribution >= 4 is 11.3 Å². The van der Waals surface area contributed by atoms with Gasteiger partial charge in [-0.3, -0.25) is 4.90 Å². The van der Waals surface area contributed by atoms with Crippen LogP contribution in [0.1, 0.15) is 12.5 Å². The van der Waals surface area contributed by atoms with Crippen molar-refractivity contribution in [3.8, 4) is 0 Å². The summed E-state index contributed by atoms with van der Waals surface area (Å²) in [4.78, 5) is 4.71. The summed E-state index contributed by atoms with van der Waals surface area (Å²) in [7, 11) is 4.25. The molecular weight excluding hydrogens is 192 g/mol. The van der Waals surface area contributed by atoms with Gasteiger partial charge in [-0.05, 0) is 43.0 Å². The maximum atomic E-state index is 2.47. The van der Waals surface area contributed by atoms with Crippen LogP contribution >= 0.6 is 11.3 Å². The van der Waals surface area contributed by atoms with E-state index in [4.69, 9.17) is 0 Å². The summed E-state index contributed by atoms with van der Waals surface area (Å²) >= 11 is 1.78. The van der Waals surface area contributed by atoms with Crippen molar-refractivity contribution in [3.05, 3.63) is 22.4 Å². The largest absolute Gasteiger partial charge is 0.308 e. The maximum Gasteiger partial charge on any atom is 0.0242 e. The molecule has 0 saturated heterocycles. The highest BCUT2D eigenvalue weighted by Gasteiger charge is 2.03.